The Morgan fingerprint density at radius 3 is 3.12 bits per heavy atom. The second kappa shape index (κ2) is 6.53. The van der Waals surface area contributed by atoms with Gasteiger partial charge in [-0.3, -0.25) is 4.90 Å². The molecule has 0 aromatic carbocycles. The summed E-state index contributed by atoms with van der Waals surface area (Å²) in [7, 11) is 2.05. The molecule has 2 heterocycles. The van der Waals surface area contributed by atoms with Gasteiger partial charge in [0.25, 0.3) is 0 Å². The van der Waals surface area contributed by atoms with E-state index < -0.39 is 0 Å². The Labute approximate surface area is 109 Å². The lowest BCUT2D eigenvalue weighted by Crippen LogP contribution is -2.42. The fourth-order valence-electron chi connectivity index (χ4n) is 2.86. The molecule has 2 atom stereocenters. The summed E-state index contributed by atoms with van der Waals surface area (Å²) >= 11 is 1.81. The summed E-state index contributed by atoms with van der Waals surface area (Å²) in [6.45, 7) is 4.77. The van der Waals surface area contributed by atoms with Crippen LogP contribution in [0.3, 0.4) is 0 Å². The number of thiophene rings is 1. The number of hydrogen-bond acceptors (Lipinski definition) is 3. The van der Waals surface area contributed by atoms with Crippen molar-refractivity contribution >= 4 is 11.3 Å². The molecular weight excluding hydrogens is 228 g/mol. The fraction of sp³-hybridized carbons (Fsp3) is 0.714. The Hall–Kier alpha value is -0.380. The maximum absolute atomic E-state index is 3.28. The fourth-order valence-corrected chi connectivity index (χ4v) is 3.60. The average molecular weight is 252 g/mol. The van der Waals surface area contributed by atoms with Crippen molar-refractivity contribution in [1.29, 1.82) is 0 Å². The highest BCUT2D eigenvalue weighted by Gasteiger charge is 2.26. The number of piperidine rings is 1. The van der Waals surface area contributed by atoms with Gasteiger partial charge in [-0.05, 0) is 68.7 Å². The van der Waals surface area contributed by atoms with Crippen LogP contribution in [0.5, 0.6) is 0 Å². The van der Waals surface area contributed by atoms with Gasteiger partial charge in [-0.15, -0.1) is 0 Å². The first-order valence-electron chi connectivity index (χ1n) is 6.75. The largest absolute Gasteiger partial charge is 0.320 e. The molecule has 1 aromatic heterocycles. The van der Waals surface area contributed by atoms with Crippen molar-refractivity contribution in [1.82, 2.24) is 10.2 Å². The molecule has 1 fully saturated rings. The number of nitrogens with zero attached hydrogens (tertiary/aromatic N) is 1. The number of rotatable bonds is 5. The van der Waals surface area contributed by atoms with Crippen molar-refractivity contribution in [2.45, 2.75) is 44.7 Å². The molecule has 2 unspecified atom stereocenters. The van der Waals surface area contributed by atoms with Gasteiger partial charge < -0.3 is 5.32 Å². The van der Waals surface area contributed by atoms with Gasteiger partial charge in [-0.25, -0.2) is 0 Å². The highest BCUT2D eigenvalue weighted by molar-refractivity contribution is 7.07. The van der Waals surface area contributed by atoms with Crippen molar-refractivity contribution in [2.24, 2.45) is 0 Å². The Kier molecular flexibility index (Phi) is 5.01. The highest BCUT2D eigenvalue weighted by Crippen LogP contribution is 2.30. The first-order chi connectivity index (χ1) is 8.33. The van der Waals surface area contributed by atoms with E-state index in [0.29, 0.717) is 6.04 Å². The van der Waals surface area contributed by atoms with Crippen LogP contribution in [0.2, 0.25) is 0 Å². The zero-order valence-corrected chi connectivity index (χ0v) is 11.8. The minimum Gasteiger partial charge on any atom is -0.320 e. The van der Waals surface area contributed by atoms with Crippen LogP contribution in [-0.2, 0) is 0 Å². The molecule has 2 rings (SSSR count). The molecule has 3 heteroatoms. The summed E-state index contributed by atoms with van der Waals surface area (Å²) in [6.07, 6.45) is 5.42. The van der Waals surface area contributed by atoms with Gasteiger partial charge in [-0.2, -0.15) is 11.3 Å². The maximum Gasteiger partial charge on any atom is 0.0331 e. The van der Waals surface area contributed by atoms with Crippen molar-refractivity contribution in [2.75, 3.05) is 20.1 Å². The predicted octanol–water partition coefficient (Wildman–Crippen LogP) is 3.27. The van der Waals surface area contributed by atoms with Crippen LogP contribution < -0.4 is 5.32 Å². The second-order valence-electron chi connectivity index (χ2n) is 5.01. The number of nitrogens with one attached hydrogen (secondary N) is 1. The van der Waals surface area contributed by atoms with Gasteiger partial charge in [-0.1, -0.05) is 6.42 Å². The van der Waals surface area contributed by atoms with Crippen LogP contribution in [-0.4, -0.2) is 31.1 Å². The SMILES string of the molecule is CNCCC1CCCCN1C(C)c1ccsc1. The van der Waals surface area contributed by atoms with Crippen LogP contribution in [0.15, 0.2) is 16.8 Å². The zero-order chi connectivity index (χ0) is 12.1. The van der Waals surface area contributed by atoms with Crippen LogP contribution in [0.4, 0.5) is 0 Å². The summed E-state index contributed by atoms with van der Waals surface area (Å²) in [6, 6.07) is 3.63. The predicted molar refractivity (Wildman–Crippen MR) is 75.6 cm³/mol. The number of likely N-dealkylation sites (tertiary alicyclic amines) is 1. The maximum atomic E-state index is 3.28. The third-order valence-corrected chi connectivity index (χ3v) is 4.62. The van der Waals surface area contributed by atoms with E-state index in [4.69, 9.17) is 0 Å². The van der Waals surface area contributed by atoms with Crippen LogP contribution in [0.25, 0.3) is 0 Å². The normalized spacial score (nSPS) is 23.8. The van der Waals surface area contributed by atoms with Crippen LogP contribution >= 0.6 is 11.3 Å². The summed E-state index contributed by atoms with van der Waals surface area (Å²) in [5, 5.41) is 7.78. The van der Waals surface area contributed by atoms with Crippen molar-refractivity contribution in [3.05, 3.63) is 22.4 Å². The first kappa shape index (κ1) is 13.1. The Morgan fingerprint density at radius 1 is 1.53 bits per heavy atom. The molecule has 2 nitrogen and oxygen atoms in total. The van der Waals surface area contributed by atoms with E-state index in [2.05, 4.69) is 41.0 Å². The van der Waals surface area contributed by atoms with Gasteiger partial charge >= 0.3 is 0 Å². The lowest BCUT2D eigenvalue weighted by atomic mass is 9.96. The standard InChI is InChI=1S/C14H24N2S/c1-12(13-7-10-17-11-13)16-9-4-3-5-14(16)6-8-15-2/h7,10-12,14-15H,3-6,8-9H2,1-2H3. The summed E-state index contributed by atoms with van der Waals surface area (Å²) in [5.41, 5.74) is 1.49. The Balaban J connectivity index is 2.00. The van der Waals surface area contributed by atoms with Gasteiger partial charge in [0, 0.05) is 12.1 Å². The van der Waals surface area contributed by atoms with Crippen LogP contribution in [0, 0.1) is 0 Å². The van der Waals surface area contributed by atoms with Gasteiger partial charge in [0.05, 0.1) is 0 Å². The minimum atomic E-state index is 0.586. The molecule has 1 N–H and O–H groups in total. The lowest BCUT2D eigenvalue weighted by Gasteiger charge is -2.40. The average Bonchev–Trinajstić information content (AvgIpc) is 2.89. The molecule has 1 aromatic rings. The number of hydrogen-bond donors (Lipinski definition) is 1. The summed E-state index contributed by atoms with van der Waals surface area (Å²) in [4.78, 5) is 2.71. The topological polar surface area (TPSA) is 15.3 Å². The molecule has 96 valence electrons. The molecule has 1 saturated heterocycles. The zero-order valence-electron chi connectivity index (χ0n) is 11.0. The molecule has 0 spiro atoms. The Bertz CT molecular complexity index is 310. The van der Waals surface area contributed by atoms with E-state index in [1.165, 1.54) is 37.8 Å². The third-order valence-electron chi connectivity index (χ3n) is 3.92. The van der Waals surface area contributed by atoms with E-state index in [1.807, 2.05) is 11.3 Å². The van der Waals surface area contributed by atoms with Crippen molar-refractivity contribution < 1.29 is 0 Å². The third kappa shape index (κ3) is 3.30. The van der Waals surface area contributed by atoms with E-state index in [9.17, 15) is 0 Å². The Morgan fingerprint density at radius 2 is 2.41 bits per heavy atom. The van der Waals surface area contributed by atoms with Gasteiger partial charge in [0.2, 0.25) is 0 Å². The second-order valence-corrected chi connectivity index (χ2v) is 5.79. The van der Waals surface area contributed by atoms with E-state index in [-0.39, 0.29) is 0 Å². The van der Waals surface area contributed by atoms with Crippen LogP contribution in [0.1, 0.15) is 44.2 Å². The molecule has 1 aliphatic heterocycles. The molecule has 1 aliphatic rings. The van der Waals surface area contributed by atoms with Gasteiger partial charge in [0.1, 0.15) is 0 Å². The van der Waals surface area contributed by atoms with E-state index in [1.54, 1.807) is 0 Å². The molecule has 0 radical (unpaired) electrons. The highest BCUT2D eigenvalue weighted by atomic mass is 32.1. The molecule has 17 heavy (non-hydrogen) atoms. The van der Waals surface area contributed by atoms with E-state index >= 15 is 0 Å². The summed E-state index contributed by atoms with van der Waals surface area (Å²) in [5.74, 6) is 0. The lowest BCUT2D eigenvalue weighted by molar-refractivity contribution is 0.0974. The minimum absolute atomic E-state index is 0.586. The molecule has 0 aliphatic carbocycles. The van der Waals surface area contributed by atoms with Crippen molar-refractivity contribution in [3.8, 4) is 0 Å². The monoisotopic (exact) mass is 252 g/mol. The summed E-state index contributed by atoms with van der Waals surface area (Å²) < 4.78 is 0. The first-order valence-corrected chi connectivity index (χ1v) is 7.69. The molecule has 0 saturated carbocycles. The smallest absolute Gasteiger partial charge is 0.0331 e. The van der Waals surface area contributed by atoms with Gasteiger partial charge in [0.15, 0.2) is 0 Å². The quantitative estimate of drug-likeness (QED) is 0.865. The molecule has 0 bridgehead atoms. The molecular formula is C14H24N2S. The van der Waals surface area contributed by atoms with E-state index in [0.717, 1.165) is 12.6 Å². The van der Waals surface area contributed by atoms with Crippen molar-refractivity contribution in [3.63, 3.8) is 0 Å². The molecule has 0 amide bonds.